The summed E-state index contributed by atoms with van der Waals surface area (Å²) in [6.07, 6.45) is 0. The maximum Gasteiger partial charge on any atom is 0.105 e. The topological polar surface area (TPSA) is 25.2 Å². The van der Waals surface area contributed by atoms with Crippen molar-refractivity contribution in [3.8, 4) is 0 Å². The number of halogens is 1. The predicted octanol–water partition coefficient (Wildman–Crippen LogP) is 4.96. The molecule has 2 aromatic rings. The zero-order valence-electron chi connectivity index (χ0n) is 11.8. The highest BCUT2D eigenvalue weighted by atomic mass is 35.5. The van der Waals surface area contributed by atoms with Crippen molar-refractivity contribution in [3.63, 3.8) is 0 Å². The first-order chi connectivity index (χ1) is 8.97. The summed E-state index contributed by atoms with van der Waals surface area (Å²) in [5, 5.41) is 4.35. The van der Waals surface area contributed by atoms with E-state index in [1.165, 1.54) is 11.1 Å². The second-order valence-electron chi connectivity index (χ2n) is 5.03. The Hall–Kier alpha value is -1.25. The third kappa shape index (κ3) is 3.40. The minimum Gasteiger partial charge on any atom is -0.466 e. The number of furan rings is 1. The summed E-state index contributed by atoms with van der Waals surface area (Å²) in [6.45, 7) is 8.30. The molecule has 1 N–H and O–H groups in total. The predicted molar refractivity (Wildman–Crippen MR) is 79.6 cm³/mol. The van der Waals surface area contributed by atoms with Crippen LogP contribution in [0.5, 0.6) is 0 Å². The van der Waals surface area contributed by atoms with E-state index in [1.54, 1.807) is 0 Å². The molecule has 2 atom stereocenters. The van der Waals surface area contributed by atoms with E-state index in [-0.39, 0.29) is 12.1 Å². The van der Waals surface area contributed by atoms with Gasteiger partial charge in [-0.1, -0.05) is 23.7 Å². The number of aryl methyl sites for hydroxylation is 2. The number of hydrogen-bond donors (Lipinski definition) is 1. The molecule has 0 aliphatic carbocycles. The average molecular weight is 278 g/mol. The van der Waals surface area contributed by atoms with Crippen LogP contribution in [0.4, 0.5) is 0 Å². The monoisotopic (exact) mass is 277 g/mol. The lowest BCUT2D eigenvalue weighted by atomic mass is 10.0. The van der Waals surface area contributed by atoms with Crippen LogP contribution >= 0.6 is 11.6 Å². The Bertz CT molecular complexity index is 544. The van der Waals surface area contributed by atoms with Gasteiger partial charge in [-0.05, 0) is 51.5 Å². The largest absolute Gasteiger partial charge is 0.466 e. The number of rotatable bonds is 4. The molecule has 0 radical (unpaired) electrons. The van der Waals surface area contributed by atoms with E-state index in [1.807, 2.05) is 26.0 Å². The van der Waals surface area contributed by atoms with E-state index in [4.69, 9.17) is 16.0 Å². The smallest absolute Gasteiger partial charge is 0.105 e. The van der Waals surface area contributed by atoms with Gasteiger partial charge < -0.3 is 9.73 Å². The summed E-state index contributed by atoms with van der Waals surface area (Å²) in [6, 6.07) is 10.6. The Balaban J connectivity index is 2.08. The molecule has 1 heterocycles. The molecule has 2 nitrogen and oxygen atoms in total. The number of benzene rings is 1. The summed E-state index contributed by atoms with van der Waals surface area (Å²) in [7, 11) is 0. The van der Waals surface area contributed by atoms with Crippen LogP contribution in [0.2, 0.25) is 5.02 Å². The molecular formula is C16H20ClNO. The van der Waals surface area contributed by atoms with Crippen LogP contribution in [0.1, 0.15) is 48.6 Å². The second kappa shape index (κ2) is 5.81. The minimum atomic E-state index is 0.253. The van der Waals surface area contributed by atoms with Crippen LogP contribution < -0.4 is 5.32 Å². The average Bonchev–Trinajstić information content (AvgIpc) is 2.69. The lowest BCUT2D eigenvalue weighted by molar-refractivity contribution is 0.469. The molecule has 1 aromatic heterocycles. The molecular weight excluding hydrogens is 258 g/mol. The first kappa shape index (κ1) is 14.2. The molecule has 1 aromatic carbocycles. The summed E-state index contributed by atoms with van der Waals surface area (Å²) in [5.74, 6) is 1.95. The SMILES string of the molecule is Cc1cc(C(C)N[C@@H](C)c2ccc(Cl)cc2)c(C)o1. The maximum absolute atomic E-state index is 5.91. The third-order valence-corrected chi connectivity index (χ3v) is 3.67. The van der Waals surface area contributed by atoms with Gasteiger partial charge in [-0.2, -0.15) is 0 Å². The van der Waals surface area contributed by atoms with E-state index >= 15 is 0 Å². The normalized spacial score (nSPS) is 14.4. The van der Waals surface area contributed by atoms with Crippen LogP contribution in [0.3, 0.4) is 0 Å². The van der Waals surface area contributed by atoms with Crippen LogP contribution in [0.25, 0.3) is 0 Å². The Labute approximate surface area is 119 Å². The molecule has 0 fully saturated rings. The van der Waals surface area contributed by atoms with Gasteiger partial charge in [0.2, 0.25) is 0 Å². The Kier molecular flexibility index (Phi) is 4.33. The Morgan fingerprint density at radius 1 is 1.05 bits per heavy atom. The van der Waals surface area contributed by atoms with Crippen molar-refractivity contribution in [1.82, 2.24) is 5.32 Å². The summed E-state index contributed by atoms with van der Waals surface area (Å²) >= 11 is 5.91. The fourth-order valence-electron chi connectivity index (χ4n) is 2.39. The number of hydrogen-bond acceptors (Lipinski definition) is 2. The molecule has 19 heavy (non-hydrogen) atoms. The van der Waals surface area contributed by atoms with Gasteiger partial charge in [-0.3, -0.25) is 0 Å². The Morgan fingerprint density at radius 3 is 2.21 bits per heavy atom. The van der Waals surface area contributed by atoms with Crippen molar-refractivity contribution in [2.75, 3.05) is 0 Å². The fourth-order valence-corrected chi connectivity index (χ4v) is 2.52. The van der Waals surface area contributed by atoms with Gasteiger partial charge in [0.25, 0.3) is 0 Å². The highest BCUT2D eigenvalue weighted by molar-refractivity contribution is 6.30. The second-order valence-corrected chi connectivity index (χ2v) is 5.47. The lowest BCUT2D eigenvalue weighted by Gasteiger charge is -2.20. The Morgan fingerprint density at radius 2 is 1.68 bits per heavy atom. The van der Waals surface area contributed by atoms with E-state index in [0.29, 0.717) is 0 Å². The quantitative estimate of drug-likeness (QED) is 0.854. The van der Waals surface area contributed by atoms with E-state index < -0.39 is 0 Å². The standard InChI is InChI=1S/C16H20ClNO/c1-10-9-16(13(4)19-10)12(3)18-11(2)14-5-7-15(17)8-6-14/h5-9,11-12,18H,1-4H3/t11-,12?/m0/s1. The van der Waals surface area contributed by atoms with Gasteiger partial charge in [0.15, 0.2) is 0 Å². The van der Waals surface area contributed by atoms with Gasteiger partial charge >= 0.3 is 0 Å². The summed E-state index contributed by atoms with van der Waals surface area (Å²) in [4.78, 5) is 0. The molecule has 2 rings (SSSR count). The molecule has 0 aliphatic heterocycles. The van der Waals surface area contributed by atoms with Gasteiger partial charge in [0.1, 0.15) is 11.5 Å². The van der Waals surface area contributed by atoms with Crippen molar-refractivity contribution >= 4 is 11.6 Å². The first-order valence-electron chi connectivity index (χ1n) is 6.56. The highest BCUT2D eigenvalue weighted by Crippen LogP contribution is 2.24. The van der Waals surface area contributed by atoms with Gasteiger partial charge in [-0.15, -0.1) is 0 Å². The molecule has 1 unspecified atom stereocenters. The summed E-state index contributed by atoms with van der Waals surface area (Å²) in [5.41, 5.74) is 2.45. The molecule has 102 valence electrons. The summed E-state index contributed by atoms with van der Waals surface area (Å²) < 4.78 is 5.58. The lowest BCUT2D eigenvalue weighted by Crippen LogP contribution is -2.22. The van der Waals surface area contributed by atoms with Crippen LogP contribution in [0.15, 0.2) is 34.7 Å². The van der Waals surface area contributed by atoms with E-state index in [2.05, 4.69) is 37.4 Å². The third-order valence-electron chi connectivity index (χ3n) is 3.42. The minimum absolute atomic E-state index is 0.253. The zero-order chi connectivity index (χ0) is 14.0. The van der Waals surface area contributed by atoms with Crippen LogP contribution in [0, 0.1) is 13.8 Å². The first-order valence-corrected chi connectivity index (χ1v) is 6.93. The molecule has 0 bridgehead atoms. The molecule has 0 aliphatic rings. The number of nitrogens with one attached hydrogen (secondary N) is 1. The van der Waals surface area contributed by atoms with Crippen molar-refractivity contribution in [2.45, 2.75) is 39.8 Å². The highest BCUT2D eigenvalue weighted by Gasteiger charge is 2.15. The van der Waals surface area contributed by atoms with Gasteiger partial charge in [-0.25, -0.2) is 0 Å². The van der Waals surface area contributed by atoms with Crippen molar-refractivity contribution < 1.29 is 4.42 Å². The van der Waals surface area contributed by atoms with Gasteiger partial charge in [0, 0.05) is 22.7 Å². The maximum atomic E-state index is 5.91. The molecule has 0 saturated heterocycles. The van der Waals surface area contributed by atoms with E-state index in [9.17, 15) is 0 Å². The van der Waals surface area contributed by atoms with Crippen molar-refractivity contribution in [2.24, 2.45) is 0 Å². The van der Waals surface area contributed by atoms with Crippen LogP contribution in [-0.2, 0) is 0 Å². The van der Waals surface area contributed by atoms with E-state index in [0.717, 1.165) is 16.5 Å². The molecule has 0 saturated carbocycles. The van der Waals surface area contributed by atoms with Gasteiger partial charge in [0.05, 0.1) is 0 Å². The molecule has 0 amide bonds. The van der Waals surface area contributed by atoms with Crippen LogP contribution in [-0.4, -0.2) is 0 Å². The van der Waals surface area contributed by atoms with Crippen molar-refractivity contribution in [3.05, 3.63) is 58.0 Å². The zero-order valence-corrected chi connectivity index (χ0v) is 12.6. The fraction of sp³-hybridized carbons (Fsp3) is 0.375. The molecule has 3 heteroatoms. The van der Waals surface area contributed by atoms with Crippen molar-refractivity contribution in [1.29, 1.82) is 0 Å². The molecule has 0 spiro atoms.